The smallest absolute Gasteiger partial charge is 0.184 e. The first-order valence-corrected chi connectivity index (χ1v) is 7.19. The van der Waals surface area contributed by atoms with Gasteiger partial charge in [-0.15, -0.1) is 0 Å². The number of rotatable bonds is 2. The Hall–Kier alpha value is -0.810. The van der Waals surface area contributed by atoms with E-state index in [4.69, 9.17) is 0 Å². The molecule has 16 heavy (non-hydrogen) atoms. The third-order valence-corrected chi connectivity index (χ3v) is 4.74. The lowest BCUT2D eigenvalue weighted by atomic mass is 10.3. The van der Waals surface area contributed by atoms with Crippen LogP contribution in [-0.2, 0) is 0 Å². The molecule has 0 bridgehead atoms. The van der Waals surface area contributed by atoms with Crippen LogP contribution in [0, 0.1) is 5.82 Å². The molecule has 5 heteroatoms. The van der Waals surface area contributed by atoms with E-state index in [2.05, 4.69) is 10.3 Å². The number of thioether (sulfide) groups is 1. The average molecular weight is 254 g/mol. The number of thiazole rings is 1. The molecular weight excluding hydrogens is 243 g/mol. The molecule has 1 unspecified atom stereocenters. The van der Waals surface area contributed by atoms with Crippen LogP contribution in [0.15, 0.2) is 18.2 Å². The van der Waals surface area contributed by atoms with Gasteiger partial charge >= 0.3 is 0 Å². The number of anilines is 1. The second-order valence-corrected chi connectivity index (χ2v) is 6.02. The first-order chi connectivity index (χ1) is 7.81. The SMILES string of the molecule is Fc1ccc2sc(NC3CCSC3)nc2c1. The molecule has 1 saturated heterocycles. The quantitative estimate of drug-likeness (QED) is 0.889. The summed E-state index contributed by atoms with van der Waals surface area (Å²) in [6.45, 7) is 0. The molecular formula is C11H11FN2S2. The Kier molecular flexibility index (Phi) is 2.73. The van der Waals surface area contributed by atoms with E-state index in [1.54, 1.807) is 17.4 Å². The Bertz CT molecular complexity index is 506. The van der Waals surface area contributed by atoms with Gasteiger partial charge in [0, 0.05) is 17.9 Å². The number of aromatic nitrogens is 1. The van der Waals surface area contributed by atoms with E-state index in [0.29, 0.717) is 6.04 Å². The predicted octanol–water partition coefficient (Wildman–Crippen LogP) is 3.35. The lowest BCUT2D eigenvalue weighted by Gasteiger charge is -2.08. The fourth-order valence-corrected chi connectivity index (χ4v) is 3.86. The van der Waals surface area contributed by atoms with E-state index in [9.17, 15) is 4.39 Å². The second kappa shape index (κ2) is 4.22. The molecule has 0 radical (unpaired) electrons. The Balaban J connectivity index is 1.86. The highest BCUT2D eigenvalue weighted by atomic mass is 32.2. The van der Waals surface area contributed by atoms with Crippen molar-refractivity contribution in [2.75, 3.05) is 16.8 Å². The third-order valence-electron chi connectivity index (χ3n) is 2.61. The monoisotopic (exact) mass is 254 g/mol. The molecule has 0 amide bonds. The minimum absolute atomic E-state index is 0.222. The van der Waals surface area contributed by atoms with Gasteiger partial charge in [-0.1, -0.05) is 11.3 Å². The molecule has 1 aromatic carbocycles. The molecule has 1 aliphatic heterocycles. The molecule has 1 aromatic heterocycles. The number of fused-ring (bicyclic) bond motifs is 1. The van der Waals surface area contributed by atoms with Gasteiger partial charge in [0.25, 0.3) is 0 Å². The van der Waals surface area contributed by atoms with E-state index in [-0.39, 0.29) is 5.82 Å². The fourth-order valence-electron chi connectivity index (χ4n) is 1.79. The molecule has 3 rings (SSSR count). The molecule has 1 atom stereocenters. The molecule has 0 spiro atoms. The van der Waals surface area contributed by atoms with Gasteiger partial charge < -0.3 is 5.32 Å². The summed E-state index contributed by atoms with van der Waals surface area (Å²) in [6.07, 6.45) is 1.19. The summed E-state index contributed by atoms with van der Waals surface area (Å²) in [5.41, 5.74) is 0.748. The minimum Gasteiger partial charge on any atom is -0.358 e. The molecule has 2 nitrogen and oxygen atoms in total. The zero-order chi connectivity index (χ0) is 11.0. The zero-order valence-corrected chi connectivity index (χ0v) is 10.2. The number of nitrogens with one attached hydrogen (secondary N) is 1. The van der Waals surface area contributed by atoms with E-state index in [0.717, 1.165) is 21.1 Å². The summed E-state index contributed by atoms with van der Waals surface area (Å²) >= 11 is 3.56. The van der Waals surface area contributed by atoms with Crippen molar-refractivity contribution in [2.45, 2.75) is 12.5 Å². The second-order valence-electron chi connectivity index (χ2n) is 3.84. The highest BCUT2D eigenvalue weighted by Gasteiger charge is 2.16. The molecule has 1 fully saturated rings. The van der Waals surface area contributed by atoms with Crippen molar-refractivity contribution in [3.8, 4) is 0 Å². The van der Waals surface area contributed by atoms with Crippen molar-refractivity contribution < 1.29 is 4.39 Å². The summed E-state index contributed by atoms with van der Waals surface area (Å²) in [4.78, 5) is 4.40. The topological polar surface area (TPSA) is 24.9 Å². The standard InChI is InChI=1S/C11H11FN2S2/c12-7-1-2-10-9(5-7)14-11(16-10)13-8-3-4-15-6-8/h1-2,5,8H,3-4,6H2,(H,13,14). The lowest BCUT2D eigenvalue weighted by molar-refractivity contribution is 0.629. The number of hydrogen-bond acceptors (Lipinski definition) is 4. The highest BCUT2D eigenvalue weighted by molar-refractivity contribution is 7.99. The summed E-state index contributed by atoms with van der Waals surface area (Å²) in [7, 11) is 0. The van der Waals surface area contributed by atoms with Crippen LogP contribution in [0.2, 0.25) is 0 Å². The Morgan fingerprint density at radius 2 is 2.38 bits per heavy atom. The summed E-state index contributed by atoms with van der Waals surface area (Å²) in [5.74, 6) is 2.14. The molecule has 0 saturated carbocycles. The average Bonchev–Trinajstić information content (AvgIpc) is 2.86. The summed E-state index contributed by atoms with van der Waals surface area (Å²) in [6, 6.07) is 5.28. The molecule has 1 N–H and O–H groups in total. The molecule has 0 aliphatic carbocycles. The first kappa shape index (κ1) is 10.4. The van der Waals surface area contributed by atoms with Crippen LogP contribution < -0.4 is 5.32 Å². The van der Waals surface area contributed by atoms with Gasteiger partial charge in [0.1, 0.15) is 5.82 Å². The van der Waals surface area contributed by atoms with E-state index >= 15 is 0 Å². The maximum absolute atomic E-state index is 13.0. The van der Waals surface area contributed by atoms with Crippen LogP contribution in [0.25, 0.3) is 10.2 Å². The Labute approximate surface area is 101 Å². The van der Waals surface area contributed by atoms with Crippen molar-refractivity contribution in [1.29, 1.82) is 0 Å². The number of halogens is 1. The molecule has 2 aromatic rings. The Morgan fingerprint density at radius 3 is 3.19 bits per heavy atom. The van der Waals surface area contributed by atoms with Crippen molar-refractivity contribution in [3.05, 3.63) is 24.0 Å². The normalized spacial score (nSPS) is 20.4. The number of hydrogen-bond donors (Lipinski definition) is 1. The van der Waals surface area contributed by atoms with Crippen LogP contribution in [0.3, 0.4) is 0 Å². The largest absolute Gasteiger partial charge is 0.358 e. The third kappa shape index (κ3) is 2.01. The van der Waals surface area contributed by atoms with Crippen LogP contribution in [-0.4, -0.2) is 22.5 Å². The maximum atomic E-state index is 13.0. The van der Waals surface area contributed by atoms with Gasteiger partial charge in [-0.25, -0.2) is 9.37 Å². The maximum Gasteiger partial charge on any atom is 0.184 e. The van der Waals surface area contributed by atoms with E-state index < -0.39 is 0 Å². The van der Waals surface area contributed by atoms with E-state index in [1.165, 1.54) is 24.3 Å². The highest BCUT2D eigenvalue weighted by Crippen LogP contribution is 2.29. The zero-order valence-electron chi connectivity index (χ0n) is 8.57. The van der Waals surface area contributed by atoms with Gasteiger partial charge in [0.15, 0.2) is 5.13 Å². The number of nitrogens with zero attached hydrogens (tertiary/aromatic N) is 1. The molecule has 1 aliphatic rings. The number of benzene rings is 1. The van der Waals surface area contributed by atoms with Gasteiger partial charge in [0.05, 0.1) is 10.2 Å². The van der Waals surface area contributed by atoms with Gasteiger partial charge in [-0.2, -0.15) is 11.8 Å². The first-order valence-electron chi connectivity index (χ1n) is 5.21. The van der Waals surface area contributed by atoms with Crippen LogP contribution in [0.4, 0.5) is 9.52 Å². The fraction of sp³-hybridized carbons (Fsp3) is 0.364. The van der Waals surface area contributed by atoms with Gasteiger partial charge in [0.2, 0.25) is 0 Å². The van der Waals surface area contributed by atoms with Crippen molar-refractivity contribution in [1.82, 2.24) is 4.98 Å². The van der Waals surface area contributed by atoms with E-state index in [1.807, 2.05) is 11.8 Å². The van der Waals surface area contributed by atoms with Crippen LogP contribution in [0.1, 0.15) is 6.42 Å². The van der Waals surface area contributed by atoms with Gasteiger partial charge in [-0.3, -0.25) is 0 Å². The molecule has 84 valence electrons. The Morgan fingerprint density at radius 1 is 1.44 bits per heavy atom. The van der Waals surface area contributed by atoms with Crippen LogP contribution in [0.5, 0.6) is 0 Å². The predicted molar refractivity (Wildman–Crippen MR) is 68.9 cm³/mol. The van der Waals surface area contributed by atoms with Crippen LogP contribution >= 0.6 is 23.1 Å². The summed E-state index contributed by atoms with van der Waals surface area (Å²) in [5, 5.41) is 4.32. The van der Waals surface area contributed by atoms with Crippen molar-refractivity contribution in [2.24, 2.45) is 0 Å². The van der Waals surface area contributed by atoms with Gasteiger partial charge in [-0.05, 0) is 24.3 Å². The van der Waals surface area contributed by atoms with Crippen molar-refractivity contribution >= 4 is 38.4 Å². The van der Waals surface area contributed by atoms with Crippen molar-refractivity contribution in [3.63, 3.8) is 0 Å². The lowest BCUT2D eigenvalue weighted by Crippen LogP contribution is -2.17. The molecule has 2 heterocycles. The summed E-state index contributed by atoms with van der Waals surface area (Å²) < 4.78 is 14.0. The minimum atomic E-state index is -0.222.